The van der Waals surface area contributed by atoms with Crippen LogP contribution in [0.5, 0.6) is 0 Å². The molecule has 1 atom stereocenters. The van der Waals surface area contributed by atoms with Crippen LogP contribution < -0.4 is 10.9 Å². The van der Waals surface area contributed by atoms with E-state index in [4.69, 9.17) is 0 Å². The van der Waals surface area contributed by atoms with Crippen molar-refractivity contribution >= 4 is 16.9 Å². The predicted octanol–water partition coefficient (Wildman–Crippen LogP) is 2.60. The third kappa shape index (κ3) is 3.22. The maximum Gasteiger partial charge on any atom is 0.287 e. The van der Waals surface area contributed by atoms with E-state index < -0.39 is 11.5 Å². The fourth-order valence-corrected chi connectivity index (χ4v) is 2.87. The topological polar surface area (TPSA) is 92.7 Å². The third-order valence-corrected chi connectivity index (χ3v) is 4.30. The highest BCUT2D eigenvalue weighted by Crippen LogP contribution is 2.15. The van der Waals surface area contributed by atoms with Gasteiger partial charge >= 0.3 is 0 Å². The van der Waals surface area contributed by atoms with E-state index in [0.717, 1.165) is 11.3 Å². The molecular formula is C20H17N5O2. The van der Waals surface area contributed by atoms with Crippen molar-refractivity contribution < 1.29 is 4.79 Å². The van der Waals surface area contributed by atoms with Crippen molar-refractivity contribution in [3.63, 3.8) is 0 Å². The molecule has 0 unspecified atom stereocenters. The molecule has 134 valence electrons. The number of carbonyl (C=O) groups is 1. The lowest BCUT2D eigenvalue weighted by atomic mass is 10.1. The molecule has 0 aliphatic carbocycles. The van der Waals surface area contributed by atoms with Gasteiger partial charge in [0.05, 0.1) is 17.9 Å². The first-order valence-corrected chi connectivity index (χ1v) is 8.53. The molecule has 7 heteroatoms. The maximum atomic E-state index is 12.6. The predicted molar refractivity (Wildman–Crippen MR) is 102 cm³/mol. The number of hydrogen-bond acceptors (Lipinski definition) is 4. The van der Waals surface area contributed by atoms with Crippen molar-refractivity contribution in [2.75, 3.05) is 0 Å². The minimum absolute atomic E-state index is 0.0482. The summed E-state index contributed by atoms with van der Waals surface area (Å²) in [5.41, 5.74) is 1.65. The van der Waals surface area contributed by atoms with Gasteiger partial charge in [-0.2, -0.15) is 5.10 Å². The zero-order valence-electron chi connectivity index (χ0n) is 14.6. The second kappa shape index (κ2) is 6.87. The van der Waals surface area contributed by atoms with Gasteiger partial charge in [0.15, 0.2) is 5.65 Å². The Morgan fingerprint density at radius 2 is 1.74 bits per heavy atom. The molecule has 2 N–H and O–H groups in total. The van der Waals surface area contributed by atoms with Gasteiger partial charge in [-0.25, -0.2) is 9.67 Å². The van der Waals surface area contributed by atoms with Crippen LogP contribution in [0.25, 0.3) is 16.7 Å². The average Bonchev–Trinajstić information content (AvgIpc) is 3.14. The minimum Gasteiger partial charge on any atom is -0.343 e. The fourth-order valence-electron chi connectivity index (χ4n) is 2.87. The number of nitrogens with zero attached hydrogens (tertiary/aromatic N) is 3. The van der Waals surface area contributed by atoms with Gasteiger partial charge in [-0.1, -0.05) is 48.5 Å². The Morgan fingerprint density at radius 1 is 1.07 bits per heavy atom. The van der Waals surface area contributed by atoms with E-state index in [2.05, 4.69) is 20.4 Å². The van der Waals surface area contributed by atoms with Crippen LogP contribution >= 0.6 is 0 Å². The monoisotopic (exact) mass is 359 g/mol. The molecule has 0 aliphatic heterocycles. The van der Waals surface area contributed by atoms with Crippen molar-refractivity contribution in [2.45, 2.75) is 13.0 Å². The molecule has 4 aromatic rings. The summed E-state index contributed by atoms with van der Waals surface area (Å²) >= 11 is 0. The SMILES string of the molecule is C[C@H](NC(=O)c1nc2c(cnn2-c2ccccc2)c(=O)[nH]1)c1ccccc1. The Balaban J connectivity index is 1.70. The Morgan fingerprint density at radius 3 is 2.44 bits per heavy atom. The molecule has 0 radical (unpaired) electrons. The first kappa shape index (κ1) is 16.7. The summed E-state index contributed by atoms with van der Waals surface area (Å²) in [6, 6.07) is 18.7. The van der Waals surface area contributed by atoms with E-state index in [1.54, 1.807) is 4.68 Å². The van der Waals surface area contributed by atoms with Gasteiger partial charge in [0.1, 0.15) is 5.39 Å². The van der Waals surface area contributed by atoms with Crippen LogP contribution in [-0.2, 0) is 0 Å². The Bertz CT molecular complexity index is 1150. The number of benzene rings is 2. The van der Waals surface area contributed by atoms with Gasteiger partial charge in [0.25, 0.3) is 11.5 Å². The quantitative estimate of drug-likeness (QED) is 0.586. The van der Waals surface area contributed by atoms with E-state index in [-0.39, 0.29) is 11.9 Å². The lowest BCUT2D eigenvalue weighted by Crippen LogP contribution is -2.30. The number of para-hydroxylation sites is 1. The molecule has 0 fully saturated rings. The molecule has 0 saturated heterocycles. The number of carbonyl (C=O) groups excluding carboxylic acids is 1. The van der Waals surface area contributed by atoms with Gasteiger partial charge in [-0.05, 0) is 24.6 Å². The number of H-pyrrole nitrogens is 1. The normalized spacial score (nSPS) is 12.0. The standard InChI is InChI=1S/C20H17N5O2/c1-13(14-8-4-2-5-9-14)22-20(27)17-23-18-16(19(26)24-17)12-21-25(18)15-10-6-3-7-11-15/h2-13H,1H3,(H,22,27)(H,23,24,26)/t13-/m0/s1. The lowest BCUT2D eigenvalue weighted by molar-refractivity contribution is 0.0929. The highest BCUT2D eigenvalue weighted by molar-refractivity contribution is 5.92. The van der Waals surface area contributed by atoms with Crippen LogP contribution in [0, 0.1) is 0 Å². The van der Waals surface area contributed by atoms with Crippen LogP contribution in [0.3, 0.4) is 0 Å². The fraction of sp³-hybridized carbons (Fsp3) is 0.100. The number of aromatic nitrogens is 4. The summed E-state index contributed by atoms with van der Waals surface area (Å²) in [4.78, 5) is 31.9. The van der Waals surface area contributed by atoms with Crippen LogP contribution in [0.4, 0.5) is 0 Å². The Labute approximate surface area is 154 Å². The summed E-state index contributed by atoms with van der Waals surface area (Å²) in [7, 11) is 0. The summed E-state index contributed by atoms with van der Waals surface area (Å²) in [6.07, 6.45) is 1.45. The third-order valence-electron chi connectivity index (χ3n) is 4.30. The van der Waals surface area contributed by atoms with Crippen molar-refractivity contribution in [2.24, 2.45) is 0 Å². The highest BCUT2D eigenvalue weighted by Gasteiger charge is 2.17. The molecule has 2 aromatic carbocycles. The van der Waals surface area contributed by atoms with Gasteiger partial charge in [-0.3, -0.25) is 9.59 Å². The summed E-state index contributed by atoms with van der Waals surface area (Å²) < 4.78 is 1.54. The number of rotatable bonds is 4. The minimum atomic E-state index is -0.453. The second-order valence-corrected chi connectivity index (χ2v) is 6.15. The van der Waals surface area contributed by atoms with Crippen LogP contribution in [0.2, 0.25) is 0 Å². The summed E-state index contributed by atoms with van der Waals surface area (Å²) in [5, 5.41) is 7.42. The smallest absolute Gasteiger partial charge is 0.287 e. The number of fused-ring (bicyclic) bond motifs is 1. The zero-order chi connectivity index (χ0) is 18.8. The molecule has 1 amide bonds. The molecule has 27 heavy (non-hydrogen) atoms. The van der Waals surface area contributed by atoms with Crippen molar-refractivity contribution in [3.8, 4) is 5.69 Å². The number of amides is 1. The van der Waals surface area contributed by atoms with Gasteiger partial charge in [0, 0.05) is 0 Å². The first-order valence-electron chi connectivity index (χ1n) is 8.53. The van der Waals surface area contributed by atoms with Crippen LogP contribution in [0.15, 0.2) is 71.7 Å². The molecule has 7 nitrogen and oxygen atoms in total. The van der Waals surface area contributed by atoms with E-state index >= 15 is 0 Å². The molecule has 0 spiro atoms. The molecule has 2 aromatic heterocycles. The summed E-state index contributed by atoms with van der Waals surface area (Å²) in [6.45, 7) is 1.87. The van der Waals surface area contributed by atoms with Crippen LogP contribution in [-0.4, -0.2) is 25.7 Å². The Kier molecular flexibility index (Phi) is 4.25. The summed E-state index contributed by atoms with van der Waals surface area (Å²) in [5.74, 6) is -0.501. The van der Waals surface area contributed by atoms with Gasteiger partial charge in [0.2, 0.25) is 5.82 Å². The van der Waals surface area contributed by atoms with Gasteiger partial charge in [-0.15, -0.1) is 0 Å². The maximum absolute atomic E-state index is 12.6. The van der Waals surface area contributed by atoms with Crippen molar-refractivity contribution in [1.29, 1.82) is 0 Å². The van der Waals surface area contributed by atoms with E-state index in [1.807, 2.05) is 67.6 Å². The van der Waals surface area contributed by atoms with Crippen molar-refractivity contribution in [3.05, 3.63) is 88.6 Å². The molecule has 0 saturated carbocycles. The number of hydrogen-bond donors (Lipinski definition) is 2. The average molecular weight is 359 g/mol. The van der Waals surface area contributed by atoms with E-state index in [0.29, 0.717) is 11.0 Å². The first-order chi connectivity index (χ1) is 13.1. The molecular weight excluding hydrogens is 342 g/mol. The second-order valence-electron chi connectivity index (χ2n) is 6.15. The number of aromatic amines is 1. The zero-order valence-corrected chi connectivity index (χ0v) is 14.6. The largest absolute Gasteiger partial charge is 0.343 e. The highest BCUT2D eigenvalue weighted by atomic mass is 16.2. The molecule has 0 aliphatic rings. The Hall–Kier alpha value is -3.74. The van der Waals surface area contributed by atoms with Crippen molar-refractivity contribution in [1.82, 2.24) is 25.1 Å². The van der Waals surface area contributed by atoms with E-state index in [9.17, 15) is 9.59 Å². The molecule has 2 heterocycles. The molecule has 0 bridgehead atoms. The van der Waals surface area contributed by atoms with Gasteiger partial charge < -0.3 is 10.3 Å². The molecule has 4 rings (SSSR count). The lowest BCUT2D eigenvalue weighted by Gasteiger charge is -2.13. The van der Waals surface area contributed by atoms with Crippen LogP contribution in [0.1, 0.15) is 29.1 Å². The van der Waals surface area contributed by atoms with E-state index in [1.165, 1.54) is 6.20 Å². The number of nitrogens with one attached hydrogen (secondary N) is 2.